The van der Waals surface area contributed by atoms with Crippen molar-refractivity contribution < 1.29 is 89.0 Å². The third-order valence-electron chi connectivity index (χ3n) is 14.6. The molecule has 4 fully saturated rings. The van der Waals surface area contributed by atoms with Crippen LogP contribution in [0.1, 0.15) is 68.7 Å². The molecule has 4 atom stereocenters. The van der Waals surface area contributed by atoms with Gasteiger partial charge in [0.05, 0.1) is 27.9 Å². The van der Waals surface area contributed by atoms with Gasteiger partial charge in [0.15, 0.2) is 0 Å². The molecule has 4 aromatic rings. The molecule has 8 rings (SSSR count). The summed E-state index contributed by atoms with van der Waals surface area (Å²) in [7, 11) is -7.96. The molecule has 0 spiro atoms. The molecular weight excluding hydrogens is 1160 g/mol. The molecule has 0 saturated carbocycles. The number of quaternary nitrogens is 1. The maximum Gasteiger partial charge on any atom is 0.532 e. The number of nitrogens with zero attached hydrogens (tertiary/aromatic N) is 5. The van der Waals surface area contributed by atoms with Gasteiger partial charge < -0.3 is 50.0 Å². The Labute approximate surface area is 497 Å². The number of benzene rings is 4. The molecule has 4 heterocycles. The summed E-state index contributed by atoms with van der Waals surface area (Å²) in [5, 5.41) is 39.4. The van der Waals surface area contributed by atoms with E-state index in [1.165, 1.54) is 53.4 Å². The zero-order valence-electron chi connectivity index (χ0n) is 48.2. The van der Waals surface area contributed by atoms with Crippen LogP contribution in [-0.4, -0.2) is 187 Å². The molecule has 4 aromatic carbocycles. The van der Waals surface area contributed by atoms with Crippen LogP contribution in [0.2, 0.25) is 0 Å². The summed E-state index contributed by atoms with van der Waals surface area (Å²) >= 11 is 0. The lowest BCUT2D eigenvalue weighted by atomic mass is 10.0. The molecule has 29 heteroatoms. The van der Waals surface area contributed by atoms with E-state index in [1.807, 2.05) is 13.8 Å². The number of hydrogen-bond donors (Lipinski definition) is 5. The number of carboxylic acids is 2. The molecular formula is C57H71N8O19S2+. The van der Waals surface area contributed by atoms with Crippen LogP contribution in [-0.2, 0) is 61.5 Å². The lowest BCUT2D eigenvalue weighted by Gasteiger charge is -2.35. The Bertz CT molecular complexity index is 3390. The highest BCUT2D eigenvalue weighted by Gasteiger charge is 2.51. The Kier molecular flexibility index (Phi) is 21.4. The zero-order chi connectivity index (χ0) is 62.7. The first-order chi connectivity index (χ1) is 40.6. The molecule has 0 unspecified atom stereocenters. The van der Waals surface area contributed by atoms with Crippen LogP contribution in [0, 0.1) is 24.0 Å². The molecule has 5 amide bonds. The van der Waals surface area contributed by atoms with E-state index in [4.69, 9.17) is 18.9 Å². The Balaban J connectivity index is 0.000000247. The average molecular weight is 1240 g/mol. The fourth-order valence-electron chi connectivity index (χ4n) is 9.95. The van der Waals surface area contributed by atoms with E-state index in [9.17, 15) is 70.7 Å². The number of carboxylic acid groups (broad SMARTS) is 2. The Morgan fingerprint density at radius 2 is 1.15 bits per heavy atom. The van der Waals surface area contributed by atoms with E-state index < -0.39 is 107 Å². The fourth-order valence-corrected chi connectivity index (χ4v) is 13.3. The van der Waals surface area contributed by atoms with Gasteiger partial charge in [-0.1, -0.05) is 53.6 Å². The Morgan fingerprint density at radius 3 is 1.60 bits per heavy atom. The number of nitrogens with one attached hydrogen (secondary N) is 3. The summed E-state index contributed by atoms with van der Waals surface area (Å²) in [4.78, 5) is 102. The molecule has 4 saturated heterocycles. The molecule has 464 valence electrons. The number of hydrogen-bond acceptors (Lipinski definition) is 18. The van der Waals surface area contributed by atoms with Crippen molar-refractivity contribution in [2.24, 2.45) is 0 Å². The first-order valence-electron chi connectivity index (χ1n) is 27.8. The largest absolute Gasteiger partial charge is 0.532 e. The van der Waals surface area contributed by atoms with Gasteiger partial charge in [-0.2, -0.15) is 18.2 Å². The minimum Gasteiger partial charge on any atom is -0.480 e. The van der Waals surface area contributed by atoms with Gasteiger partial charge in [0.1, 0.15) is 48.6 Å². The number of rotatable bonds is 17. The summed E-state index contributed by atoms with van der Waals surface area (Å²) < 4.78 is 76.0. The second-order valence-corrected chi connectivity index (χ2v) is 25.8. The van der Waals surface area contributed by atoms with Crippen molar-refractivity contribution in [2.45, 2.75) is 113 Å². The molecule has 4 aliphatic rings. The first-order valence-corrected chi connectivity index (χ1v) is 30.7. The van der Waals surface area contributed by atoms with E-state index in [0.29, 0.717) is 44.7 Å². The second kappa shape index (κ2) is 28.1. The number of carbonyl (C=O) groups excluding carboxylic acids is 5. The lowest BCUT2D eigenvalue weighted by molar-refractivity contribution is -0.787. The van der Waals surface area contributed by atoms with Crippen molar-refractivity contribution >= 4 is 67.8 Å². The predicted molar refractivity (Wildman–Crippen MR) is 306 cm³/mol. The highest BCUT2D eigenvalue weighted by molar-refractivity contribution is 7.89. The number of aryl methyl sites for hydroxylation is 2. The predicted octanol–water partition coefficient (Wildman–Crippen LogP) is 4.51. The summed E-state index contributed by atoms with van der Waals surface area (Å²) in [6.07, 6.45) is -1.34. The van der Waals surface area contributed by atoms with Crippen molar-refractivity contribution in [3.8, 4) is 11.5 Å². The molecule has 4 aliphatic heterocycles. The number of aliphatic carboxylic acids is 2. The van der Waals surface area contributed by atoms with Crippen LogP contribution >= 0.6 is 0 Å². The number of carbonyl (C=O) groups is 7. The number of sulfonamides is 2. The van der Waals surface area contributed by atoms with Crippen molar-refractivity contribution in [2.75, 3.05) is 65.6 Å². The van der Waals surface area contributed by atoms with Gasteiger partial charge in [0.25, 0.3) is 0 Å². The molecule has 0 radical (unpaired) electrons. The molecule has 0 bridgehead atoms. The van der Waals surface area contributed by atoms with Gasteiger partial charge in [-0.05, 0) is 114 Å². The van der Waals surface area contributed by atoms with Crippen LogP contribution in [0.5, 0.6) is 11.5 Å². The maximum absolute atomic E-state index is 13.3. The third-order valence-corrected chi connectivity index (χ3v) is 18.5. The monoisotopic (exact) mass is 1240 g/mol. The first kappa shape index (κ1) is 65.6. The van der Waals surface area contributed by atoms with Gasteiger partial charge in [0, 0.05) is 58.2 Å². The van der Waals surface area contributed by atoms with Crippen molar-refractivity contribution in [1.82, 2.24) is 29.5 Å². The minimum atomic E-state index is -4.00. The fraction of sp³-hybridized carbons (Fsp3) is 0.456. The zero-order valence-corrected chi connectivity index (χ0v) is 49.8. The quantitative estimate of drug-likeness (QED) is 0.0551. The standard InChI is InChI=1S/C31H40N4O9S.C26H30N4O10S/c1-21-7-13-24(14-8-21)45(41,42)34-17-5-6-26(34)27(36)33-25(28(37)38)20-22-9-11-23(12-10-22)43-29(39)35(18-15-32-16-19-35)30(40)44-31(2,3)4;1-17-4-7-19(8-5-17)41(37,38)29-10-2-3-21(29)24(31)27-20(25(32)33)15-18-6-9-23(22(16-18)30(35)36)40-26(34)28-11-13-39-14-12-28/h7-14,25-26,32H,5-6,15-20H2,1-4H3,(H-,33,36,37,38);4-9,16,20-21H,2-3,10-15H2,1H3,(H,27,31)(H,32,33)/p+1/t25-,26-;20-,21-/m00/s1. The van der Waals surface area contributed by atoms with E-state index in [2.05, 4.69) is 16.0 Å². The van der Waals surface area contributed by atoms with E-state index in [0.717, 1.165) is 25.8 Å². The number of imide groups is 1. The number of nitro groups is 1. The normalized spacial score (nSPS) is 18.9. The minimum absolute atomic E-state index is 0.0271. The van der Waals surface area contributed by atoms with Crippen LogP contribution in [0.4, 0.5) is 20.1 Å². The molecule has 0 aliphatic carbocycles. The van der Waals surface area contributed by atoms with Crippen molar-refractivity contribution in [3.63, 3.8) is 0 Å². The average Bonchev–Trinajstić information content (AvgIpc) is 2.39. The SMILES string of the molecule is Cc1ccc(S(=O)(=O)N2CCC[C@H]2C(=O)N[C@@H](Cc2ccc(OC(=O)N3CCOCC3)c([N+](=O)[O-])c2)C(=O)O)cc1.Cc1ccc(S(=O)(=O)N2CCC[C@H]2C(=O)N[C@@H](Cc2ccc(OC(=O)[N+]3(C(=O)OC(C)(C)C)CCNCC3)cc2)C(=O)O)cc1. The summed E-state index contributed by atoms with van der Waals surface area (Å²) in [5.74, 6) is -4.32. The number of piperazine rings is 1. The third kappa shape index (κ3) is 16.3. The van der Waals surface area contributed by atoms with Gasteiger partial charge in [-0.25, -0.2) is 31.2 Å². The molecule has 5 N–H and O–H groups in total. The second-order valence-electron chi connectivity index (χ2n) is 22.1. The van der Waals surface area contributed by atoms with E-state index in [1.54, 1.807) is 57.2 Å². The highest BCUT2D eigenvalue weighted by Crippen LogP contribution is 2.32. The van der Waals surface area contributed by atoms with Crippen molar-refractivity contribution in [3.05, 3.63) is 123 Å². The van der Waals surface area contributed by atoms with E-state index >= 15 is 0 Å². The topological polar surface area (TPSA) is 354 Å². The van der Waals surface area contributed by atoms with E-state index in [-0.39, 0.29) is 91.8 Å². The van der Waals surface area contributed by atoms with Gasteiger partial charge in [0.2, 0.25) is 37.6 Å². The smallest absolute Gasteiger partial charge is 0.480 e. The van der Waals surface area contributed by atoms with Gasteiger partial charge in [-0.15, -0.1) is 4.48 Å². The van der Waals surface area contributed by atoms with Crippen molar-refractivity contribution in [1.29, 1.82) is 0 Å². The summed E-state index contributed by atoms with van der Waals surface area (Å²) in [6.45, 7) is 11.4. The lowest BCUT2D eigenvalue weighted by Crippen LogP contribution is -2.66. The van der Waals surface area contributed by atoms with Crippen LogP contribution in [0.3, 0.4) is 0 Å². The Hall–Kier alpha value is -7.93. The molecule has 0 aromatic heterocycles. The molecule has 86 heavy (non-hydrogen) atoms. The van der Waals surface area contributed by atoms with Crippen LogP contribution in [0.25, 0.3) is 0 Å². The number of amides is 5. The summed E-state index contributed by atoms with van der Waals surface area (Å²) in [5.41, 5.74) is 1.13. The Morgan fingerprint density at radius 1 is 0.686 bits per heavy atom. The highest BCUT2D eigenvalue weighted by atomic mass is 32.2. The van der Waals surface area contributed by atoms with Crippen LogP contribution < -0.4 is 25.4 Å². The van der Waals surface area contributed by atoms with Crippen LogP contribution in [0.15, 0.2) is 101 Å². The number of ether oxygens (including phenoxy) is 4. The molecule has 27 nitrogen and oxygen atoms in total. The summed E-state index contributed by atoms with van der Waals surface area (Å²) in [6, 6.07) is 17.2. The van der Waals surface area contributed by atoms with Gasteiger partial charge >= 0.3 is 35.9 Å². The van der Waals surface area contributed by atoms with Gasteiger partial charge in [-0.3, -0.25) is 19.7 Å². The maximum atomic E-state index is 13.3. The number of nitro benzene ring substituents is 1. The number of morpholine rings is 1.